The van der Waals surface area contributed by atoms with E-state index < -0.39 is 12.0 Å². The van der Waals surface area contributed by atoms with Crippen LogP contribution in [0.25, 0.3) is 0 Å². The van der Waals surface area contributed by atoms with E-state index in [9.17, 15) is 9.59 Å². The highest BCUT2D eigenvalue weighted by Crippen LogP contribution is 2.11. The van der Waals surface area contributed by atoms with E-state index in [0.717, 1.165) is 5.76 Å². The van der Waals surface area contributed by atoms with E-state index in [-0.39, 0.29) is 18.5 Å². The molecule has 1 aromatic rings. The van der Waals surface area contributed by atoms with Gasteiger partial charge in [0.25, 0.3) is 0 Å². The Bertz CT molecular complexity index is 389. The monoisotopic (exact) mass is 254 g/mol. The van der Waals surface area contributed by atoms with Crippen LogP contribution in [0.1, 0.15) is 25.6 Å². The molecule has 0 bridgehead atoms. The van der Waals surface area contributed by atoms with Crippen molar-refractivity contribution in [2.24, 2.45) is 0 Å². The molecule has 0 radical (unpaired) electrons. The van der Waals surface area contributed by atoms with Gasteiger partial charge in [0.2, 0.25) is 5.91 Å². The highest BCUT2D eigenvalue weighted by atomic mass is 16.5. The average Bonchev–Trinajstić information content (AvgIpc) is 2.86. The maximum atomic E-state index is 11.4. The van der Waals surface area contributed by atoms with Crippen molar-refractivity contribution in [1.29, 1.82) is 0 Å². The lowest BCUT2D eigenvalue weighted by atomic mass is 10.2. The van der Waals surface area contributed by atoms with Gasteiger partial charge < -0.3 is 19.8 Å². The zero-order valence-corrected chi connectivity index (χ0v) is 10.7. The molecule has 0 aliphatic heterocycles. The van der Waals surface area contributed by atoms with Crippen molar-refractivity contribution in [1.82, 2.24) is 10.6 Å². The Hall–Kier alpha value is -1.82. The van der Waals surface area contributed by atoms with Crippen molar-refractivity contribution in [3.05, 3.63) is 24.2 Å². The molecule has 0 aliphatic rings. The fourth-order valence-corrected chi connectivity index (χ4v) is 1.51. The third kappa shape index (κ3) is 4.21. The molecule has 2 atom stereocenters. The Morgan fingerprint density at radius 1 is 1.50 bits per heavy atom. The first-order valence-electron chi connectivity index (χ1n) is 5.66. The van der Waals surface area contributed by atoms with E-state index in [1.54, 1.807) is 12.3 Å². The predicted octanol–water partition coefficient (Wildman–Crippen LogP) is 0.608. The van der Waals surface area contributed by atoms with Crippen LogP contribution < -0.4 is 10.6 Å². The van der Waals surface area contributed by atoms with E-state index >= 15 is 0 Å². The molecule has 18 heavy (non-hydrogen) atoms. The van der Waals surface area contributed by atoms with Crippen LogP contribution in [0.4, 0.5) is 0 Å². The zero-order chi connectivity index (χ0) is 13.5. The summed E-state index contributed by atoms with van der Waals surface area (Å²) >= 11 is 0. The molecule has 1 rings (SSSR count). The number of hydrogen-bond donors (Lipinski definition) is 2. The number of rotatable bonds is 6. The van der Waals surface area contributed by atoms with Crippen molar-refractivity contribution in [2.45, 2.75) is 25.9 Å². The first kappa shape index (κ1) is 14.2. The van der Waals surface area contributed by atoms with Gasteiger partial charge in [0.1, 0.15) is 11.8 Å². The Morgan fingerprint density at radius 2 is 2.22 bits per heavy atom. The van der Waals surface area contributed by atoms with Gasteiger partial charge in [-0.2, -0.15) is 0 Å². The maximum absolute atomic E-state index is 11.4. The fourth-order valence-electron chi connectivity index (χ4n) is 1.51. The van der Waals surface area contributed by atoms with Crippen LogP contribution in [0.3, 0.4) is 0 Å². The number of carbonyl (C=O) groups is 2. The molecule has 1 aromatic heterocycles. The molecule has 0 saturated heterocycles. The van der Waals surface area contributed by atoms with Crippen LogP contribution in [-0.2, 0) is 14.3 Å². The first-order chi connectivity index (χ1) is 8.54. The van der Waals surface area contributed by atoms with E-state index in [4.69, 9.17) is 4.42 Å². The number of furan rings is 1. The minimum absolute atomic E-state index is 0.0547. The van der Waals surface area contributed by atoms with Gasteiger partial charge in [-0.05, 0) is 19.1 Å². The minimum Gasteiger partial charge on any atom is -0.468 e. The number of esters is 1. The van der Waals surface area contributed by atoms with Crippen molar-refractivity contribution >= 4 is 11.9 Å². The molecule has 6 heteroatoms. The number of ether oxygens (including phenoxy) is 1. The average molecular weight is 254 g/mol. The molecule has 6 nitrogen and oxygen atoms in total. The number of nitrogens with one attached hydrogen (secondary N) is 2. The molecule has 1 heterocycles. The number of amides is 1. The topological polar surface area (TPSA) is 80.6 Å². The summed E-state index contributed by atoms with van der Waals surface area (Å²) in [5.74, 6) is 0.00337. The number of hydrogen-bond acceptors (Lipinski definition) is 5. The van der Waals surface area contributed by atoms with Crippen molar-refractivity contribution in [3.63, 3.8) is 0 Å². The quantitative estimate of drug-likeness (QED) is 0.727. The molecule has 1 amide bonds. The van der Waals surface area contributed by atoms with Gasteiger partial charge in [-0.25, -0.2) is 4.79 Å². The molecule has 0 aromatic carbocycles. The largest absolute Gasteiger partial charge is 0.468 e. The Labute approximate surface area is 106 Å². The predicted molar refractivity (Wildman–Crippen MR) is 64.7 cm³/mol. The standard InChI is InChI=1S/C12H18N2O4/c1-8(11-5-4-6-18-11)13-7-10(12(16)17-3)14-9(2)15/h4-6,8,10,13H,7H2,1-3H3,(H,14,15)/t8-,10?/m1/s1. The van der Waals surface area contributed by atoms with Crippen molar-refractivity contribution in [2.75, 3.05) is 13.7 Å². The molecule has 0 saturated carbocycles. The van der Waals surface area contributed by atoms with Gasteiger partial charge in [-0.1, -0.05) is 0 Å². The van der Waals surface area contributed by atoms with E-state index in [2.05, 4.69) is 15.4 Å². The minimum atomic E-state index is -0.704. The lowest BCUT2D eigenvalue weighted by Crippen LogP contribution is -2.47. The first-order valence-corrected chi connectivity index (χ1v) is 5.66. The fraction of sp³-hybridized carbons (Fsp3) is 0.500. The van der Waals surface area contributed by atoms with Crippen molar-refractivity contribution in [3.8, 4) is 0 Å². The van der Waals surface area contributed by atoms with Crippen LogP contribution >= 0.6 is 0 Å². The molecule has 100 valence electrons. The second-order valence-corrected chi connectivity index (χ2v) is 3.92. The second-order valence-electron chi connectivity index (χ2n) is 3.92. The van der Waals surface area contributed by atoms with Gasteiger partial charge in [-0.15, -0.1) is 0 Å². The van der Waals surface area contributed by atoms with Crippen LogP contribution in [0, 0.1) is 0 Å². The lowest BCUT2D eigenvalue weighted by molar-refractivity contribution is -0.144. The molecule has 1 unspecified atom stereocenters. The number of methoxy groups -OCH3 is 1. The van der Waals surface area contributed by atoms with Crippen LogP contribution in [0.2, 0.25) is 0 Å². The van der Waals surface area contributed by atoms with Gasteiger partial charge in [0.15, 0.2) is 0 Å². The summed E-state index contributed by atoms with van der Waals surface area (Å²) in [7, 11) is 1.28. The summed E-state index contributed by atoms with van der Waals surface area (Å²) < 4.78 is 9.85. The smallest absolute Gasteiger partial charge is 0.329 e. The van der Waals surface area contributed by atoms with Crippen molar-refractivity contribution < 1.29 is 18.7 Å². The van der Waals surface area contributed by atoms with Gasteiger partial charge >= 0.3 is 5.97 Å². The highest BCUT2D eigenvalue weighted by molar-refractivity contribution is 5.83. The van der Waals surface area contributed by atoms with E-state index in [0.29, 0.717) is 0 Å². The molecular formula is C12H18N2O4. The Morgan fingerprint density at radius 3 is 2.72 bits per heavy atom. The normalized spacial score (nSPS) is 13.7. The number of carbonyl (C=O) groups excluding carboxylic acids is 2. The zero-order valence-electron chi connectivity index (χ0n) is 10.7. The second kappa shape index (κ2) is 6.80. The van der Waals surface area contributed by atoms with Gasteiger partial charge in [0.05, 0.1) is 19.4 Å². The van der Waals surface area contributed by atoms with Gasteiger partial charge in [0, 0.05) is 13.5 Å². The van der Waals surface area contributed by atoms with E-state index in [1.165, 1.54) is 14.0 Å². The lowest BCUT2D eigenvalue weighted by Gasteiger charge is -2.18. The summed E-state index contributed by atoms with van der Waals surface area (Å²) in [4.78, 5) is 22.4. The van der Waals surface area contributed by atoms with Crippen LogP contribution in [0.15, 0.2) is 22.8 Å². The van der Waals surface area contributed by atoms with Crippen LogP contribution in [0.5, 0.6) is 0 Å². The highest BCUT2D eigenvalue weighted by Gasteiger charge is 2.21. The summed E-state index contributed by atoms with van der Waals surface area (Å²) in [5, 5.41) is 5.62. The third-order valence-corrected chi connectivity index (χ3v) is 2.46. The summed E-state index contributed by atoms with van der Waals surface area (Å²) in [6.07, 6.45) is 1.58. The molecule has 0 aliphatic carbocycles. The maximum Gasteiger partial charge on any atom is 0.329 e. The summed E-state index contributed by atoms with van der Waals surface area (Å²) in [6.45, 7) is 3.53. The molecule has 0 fully saturated rings. The Kier molecular flexibility index (Phi) is 5.38. The molecule has 2 N–H and O–H groups in total. The summed E-state index contributed by atoms with van der Waals surface area (Å²) in [6, 6.07) is 2.87. The van der Waals surface area contributed by atoms with E-state index in [1.807, 2.05) is 13.0 Å². The summed E-state index contributed by atoms with van der Waals surface area (Å²) in [5.41, 5.74) is 0. The Balaban J connectivity index is 2.51. The molecular weight excluding hydrogens is 236 g/mol. The SMILES string of the molecule is COC(=O)C(CN[C@H](C)c1ccco1)NC(C)=O. The molecule has 0 spiro atoms. The van der Waals surface area contributed by atoms with Gasteiger partial charge in [-0.3, -0.25) is 4.79 Å². The third-order valence-electron chi connectivity index (χ3n) is 2.46. The van der Waals surface area contributed by atoms with Crippen LogP contribution in [-0.4, -0.2) is 31.6 Å².